The number of nitrogens with one attached hydrogen (secondary N) is 1. The van der Waals surface area contributed by atoms with Crippen LogP contribution in [0.1, 0.15) is 21.6 Å². The minimum absolute atomic E-state index is 0.0967. The Balaban J connectivity index is 1.55. The first-order valence-electron chi connectivity index (χ1n) is 7.65. The maximum absolute atomic E-state index is 13.2. The van der Waals surface area contributed by atoms with Crippen LogP contribution in [0.25, 0.3) is 5.65 Å². The van der Waals surface area contributed by atoms with E-state index in [0.29, 0.717) is 24.2 Å². The van der Waals surface area contributed by atoms with Crippen molar-refractivity contribution in [2.45, 2.75) is 12.2 Å². The van der Waals surface area contributed by atoms with Gasteiger partial charge in [-0.05, 0) is 36.1 Å². The molecule has 0 aliphatic rings. The number of hydrogen-bond donors (Lipinski definition) is 1. The predicted octanol–water partition coefficient (Wildman–Crippen LogP) is 3.31. The summed E-state index contributed by atoms with van der Waals surface area (Å²) >= 11 is 1.75. The molecule has 1 aromatic carbocycles. The third kappa shape index (κ3) is 3.94. The molecule has 0 bridgehead atoms. The highest BCUT2D eigenvalue weighted by atomic mass is 32.2. The number of thioether (sulfide) groups is 1. The van der Waals surface area contributed by atoms with Gasteiger partial charge >= 0.3 is 0 Å². The molecule has 24 heavy (non-hydrogen) atoms. The van der Waals surface area contributed by atoms with Gasteiger partial charge in [0.15, 0.2) is 0 Å². The molecule has 1 amide bonds. The van der Waals surface area contributed by atoms with Crippen molar-refractivity contribution in [3.8, 4) is 0 Å². The van der Waals surface area contributed by atoms with Gasteiger partial charge in [0.05, 0.1) is 5.69 Å². The number of nitrogens with zero attached hydrogens (tertiary/aromatic N) is 2. The van der Waals surface area contributed by atoms with Gasteiger partial charge in [-0.15, -0.1) is 0 Å². The Kier molecular flexibility index (Phi) is 5.15. The Hall–Kier alpha value is -2.34. The van der Waals surface area contributed by atoms with Gasteiger partial charge in [0.2, 0.25) is 0 Å². The molecule has 0 saturated carbocycles. The Labute approximate surface area is 144 Å². The number of amides is 1. The van der Waals surface area contributed by atoms with Crippen LogP contribution in [0.15, 0.2) is 48.8 Å². The topological polar surface area (TPSA) is 46.4 Å². The number of pyridine rings is 1. The maximum Gasteiger partial charge on any atom is 0.251 e. The molecule has 124 valence electrons. The summed E-state index contributed by atoms with van der Waals surface area (Å²) < 4.78 is 14.8. The van der Waals surface area contributed by atoms with Crippen LogP contribution in [0.4, 0.5) is 4.39 Å². The highest BCUT2D eigenvalue weighted by Gasteiger charge is 2.06. The summed E-state index contributed by atoms with van der Waals surface area (Å²) in [5.74, 6) is 0.543. The van der Waals surface area contributed by atoms with Gasteiger partial charge in [-0.3, -0.25) is 4.79 Å². The first-order valence-corrected chi connectivity index (χ1v) is 9.04. The van der Waals surface area contributed by atoms with E-state index in [4.69, 9.17) is 0 Å². The van der Waals surface area contributed by atoms with E-state index in [-0.39, 0.29) is 11.7 Å². The van der Waals surface area contributed by atoms with Crippen LogP contribution in [0.3, 0.4) is 0 Å². The summed E-state index contributed by atoms with van der Waals surface area (Å²) in [5, 5.41) is 2.89. The van der Waals surface area contributed by atoms with Gasteiger partial charge in [0.25, 0.3) is 5.91 Å². The highest BCUT2D eigenvalue weighted by Crippen LogP contribution is 2.11. The summed E-state index contributed by atoms with van der Waals surface area (Å²) in [7, 11) is 0. The summed E-state index contributed by atoms with van der Waals surface area (Å²) in [6.07, 6.45) is 5.82. The Morgan fingerprint density at radius 1 is 1.21 bits per heavy atom. The molecule has 2 heterocycles. The van der Waals surface area contributed by atoms with E-state index in [1.807, 2.05) is 30.5 Å². The first kappa shape index (κ1) is 16.5. The van der Waals surface area contributed by atoms with E-state index in [1.54, 1.807) is 28.4 Å². The SMILES string of the molecule is CSCc1ccc(C(=O)NCCc2cn3cc(F)ccc3n2)cc1. The summed E-state index contributed by atoms with van der Waals surface area (Å²) in [6, 6.07) is 10.6. The van der Waals surface area contributed by atoms with Crippen molar-refractivity contribution in [3.05, 3.63) is 71.4 Å². The van der Waals surface area contributed by atoms with Crippen LogP contribution < -0.4 is 5.32 Å². The van der Waals surface area contributed by atoms with Gasteiger partial charge < -0.3 is 9.72 Å². The van der Waals surface area contributed by atoms with Crippen molar-refractivity contribution in [2.75, 3.05) is 12.8 Å². The molecule has 1 N–H and O–H groups in total. The van der Waals surface area contributed by atoms with Crippen LogP contribution in [0, 0.1) is 5.82 Å². The molecule has 2 aromatic heterocycles. The molecule has 0 spiro atoms. The number of imidazole rings is 1. The highest BCUT2D eigenvalue weighted by molar-refractivity contribution is 7.97. The number of fused-ring (bicyclic) bond motifs is 1. The minimum Gasteiger partial charge on any atom is -0.352 e. The van der Waals surface area contributed by atoms with Crippen LogP contribution in [-0.4, -0.2) is 28.1 Å². The molecule has 3 aromatic rings. The number of halogens is 1. The molecule has 0 aliphatic heterocycles. The monoisotopic (exact) mass is 343 g/mol. The molecule has 0 unspecified atom stereocenters. The molecule has 0 atom stereocenters. The summed E-state index contributed by atoms with van der Waals surface area (Å²) in [4.78, 5) is 16.5. The smallest absolute Gasteiger partial charge is 0.251 e. The average molecular weight is 343 g/mol. The van der Waals surface area contributed by atoms with Crippen LogP contribution in [0.2, 0.25) is 0 Å². The molecule has 3 rings (SSSR count). The molecule has 0 aliphatic carbocycles. The third-order valence-corrected chi connectivity index (χ3v) is 4.28. The maximum atomic E-state index is 13.2. The van der Waals surface area contributed by atoms with Crippen LogP contribution in [0.5, 0.6) is 0 Å². The fourth-order valence-corrected chi connectivity index (χ4v) is 2.99. The lowest BCUT2D eigenvalue weighted by molar-refractivity contribution is 0.0954. The normalized spacial score (nSPS) is 10.9. The summed E-state index contributed by atoms with van der Waals surface area (Å²) in [6.45, 7) is 0.484. The summed E-state index contributed by atoms with van der Waals surface area (Å²) in [5.41, 5.74) is 3.37. The van der Waals surface area contributed by atoms with E-state index in [1.165, 1.54) is 17.8 Å². The number of aromatic nitrogens is 2. The van der Waals surface area contributed by atoms with E-state index < -0.39 is 0 Å². The minimum atomic E-state index is -0.301. The van der Waals surface area contributed by atoms with E-state index in [0.717, 1.165) is 11.4 Å². The zero-order valence-corrected chi connectivity index (χ0v) is 14.1. The number of carbonyl (C=O) groups excluding carboxylic acids is 1. The second-order valence-electron chi connectivity index (χ2n) is 5.48. The number of rotatable bonds is 6. The number of hydrogen-bond acceptors (Lipinski definition) is 3. The standard InChI is InChI=1S/C18H18FN3OS/c1-24-12-13-2-4-14(5-3-13)18(23)20-9-8-16-11-22-10-15(19)6-7-17(22)21-16/h2-7,10-11H,8-9,12H2,1H3,(H,20,23). The van der Waals surface area contributed by atoms with E-state index >= 15 is 0 Å². The van der Waals surface area contributed by atoms with Gasteiger partial charge in [-0.2, -0.15) is 11.8 Å². The molecule has 6 heteroatoms. The largest absolute Gasteiger partial charge is 0.352 e. The lowest BCUT2D eigenvalue weighted by Gasteiger charge is -2.05. The van der Waals surface area contributed by atoms with Crippen molar-refractivity contribution < 1.29 is 9.18 Å². The molecule has 0 fully saturated rings. The van der Waals surface area contributed by atoms with Gasteiger partial charge in [-0.1, -0.05) is 12.1 Å². The zero-order valence-electron chi connectivity index (χ0n) is 13.3. The van der Waals surface area contributed by atoms with Crippen molar-refractivity contribution in [3.63, 3.8) is 0 Å². The number of carbonyl (C=O) groups is 1. The quantitative estimate of drug-likeness (QED) is 0.747. The Bertz CT molecular complexity index is 845. The van der Waals surface area contributed by atoms with Crippen molar-refractivity contribution in [1.82, 2.24) is 14.7 Å². The lowest BCUT2D eigenvalue weighted by Crippen LogP contribution is -2.25. The second-order valence-corrected chi connectivity index (χ2v) is 6.35. The average Bonchev–Trinajstić information content (AvgIpc) is 2.97. The molecule has 0 radical (unpaired) electrons. The van der Waals surface area contributed by atoms with Gasteiger partial charge in [-0.25, -0.2) is 9.37 Å². The van der Waals surface area contributed by atoms with Crippen LogP contribution >= 0.6 is 11.8 Å². The van der Waals surface area contributed by atoms with E-state index in [2.05, 4.69) is 10.3 Å². The fraction of sp³-hybridized carbons (Fsp3) is 0.222. The molecular weight excluding hydrogens is 325 g/mol. The van der Waals surface area contributed by atoms with E-state index in [9.17, 15) is 9.18 Å². The predicted molar refractivity (Wildman–Crippen MR) is 94.8 cm³/mol. The Morgan fingerprint density at radius 3 is 2.75 bits per heavy atom. The number of benzene rings is 1. The van der Waals surface area contributed by atoms with Crippen molar-refractivity contribution in [1.29, 1.82) is 0 Å². The first-order chi connectivity index (χ1) is 11.7. The molecule has 0 saturated heterocycles. The van der Waals surface area contributed by atoms with Crippen molar-refractivity contribution in [2.24, 2.45) is 0 Å². The fourth-order valence-electron chi connectivity index (χ4n) is 2.46. The molecule has 4 nitrogen and oxygen atoms in total. The lowest BCUT2D eigenvalue weighted by atomic mass is 10.1. The zero-order chi connectivity index (χ0) is 16.9. The van der Waals surface area contributed by atoms with Gasteiger partial charge in [0, 0.05) is 36.7 Å². The Morgan fingerprint density at radius 2 is 2.00 bits per heavy atom. The van der Waals surface area contributed by atoms with Gasteiger partial charge in [0.1, 0.15) is 11.5 Å². The second kappa shape index (κ2) is 7.49. The van der Waals surface area contributed by atoms with Crippen molar-refractivity contribution >= 4 is 23.3 Å². The molecular formula is C18H18FN3OS. The van der Waals surface area contributed by atoms with Crippen LogP contribution in [-0.2, 0) is 12.2 Å². The third-order valence-electron chi connectivity index (χ3n) is 3.66.